The summed E-state index contributed by atoms with van der Waals surface area (Å²) in [6.07, 6.45) is 4.32. The minimum Gasteiger partial charge on any atom is -0.351 e. The number of nitrogens with zero attached hydrogens (tertiary/aromatic N) is 2. The number of hydrogen-bond donors (Lipinski definition) is 0. The molecule has 0 N–H and O–H groups in total. The Morgan fingerprint density at radius 1 is 1.33 bits per heavy atom. The molecular weight excluding hydrogens is 332 g/mol. The van der Waals surface area contributed by atoms with Crippen LogP contribution in [0.15, 0.2) is 25.8 Å². The monoisotopic (exact) mass is 342 g/mol. The van der Waals surface area contributed by atoms with Gasteiger partial charge in [0.1, 0.15) is 0 Å². The van der Waals surface area contributed by atoms with Crippen molar-refractivity contribution in [2.24, 2.45) is 4.99 Å². The highest BCUT2D eigenvalue weighted by Gasteiger charge is 2.27. The SMILES string of the molecule is O=C1N=C(N2CCCC2)S/C1=C/c1ccc(Br)s1. The van der Waals surface area contributed by atoms with E-state index in [2.05, 4.69) is 25.8 Å². The van der Waals surface area contributed by atoms with Crippen LogP contribution in [0, 0.1) is 0 Å². The molecule has 0 radical (unpaired) electrons. The molecule has 18 heavy (non-hydrogen) atoms. The zero-order chi connectivity index (χ0) is 12.5. The number of hydrogen-bond acceptors (Lipinski definition) is 4. The molecule has 6 heteroatoms. The van der Waals surface area contributed by atoms with E-state index in [0.717, 1.165) is 31.8 Å². The molecule has 1 amide bonds. The number of carbonyl (C=O) groups is 1. The lowest BCUT2D eigenvalue weighted by atomic mass is 10.4. The second kappa shape index (κ2) is 5.19. The highest BCUT2D eigenvalue weighted by molar-refractivity contribution is 9.11. The summed E-state index contributed by atoms with van der Waals surface area (Å²) in [6.45, 7) is 2.05. The first kappa shape index (κ1) is 12.4. The van der Waals surface area contributed by atoms with Crippen molar-refractivity contribution in [3.05, 3.63) is 25.7 Å². The van der Waals surface area contributed by atoms with Crippen molar-refractivity contribution < 1.29 is 4.79 Å². The first-order valence-corrected chi connectivity index (χ1v) is 8.18. The summed E-state index contributed by atoms with van der Waals surface area (Å²) in [6, 6.07) is 3.99. The third kappa shape index (κ3) is 2.55. The molecule has 3 rings (SSSR count). The lowest BCUT2D eigenvalue weighted by Crippen LogP contribution is -2.23. The van der Waals surface area contributed by atoms with Crippen LogP contribution in [0.3, 0.4) is 0 Å². The molecule has 0 atom stereocenters. The number of thiophene rings is 1. The standard InChI is InChI=1S/C12H11BrN2OS2/c13-10-4-3-8(17-10)7-9-11(16)14-12(18-9)15-5-1-2-6-15/h3-4,7H,1-2,5-6H2/b9-7+. The van der Waals surface area contributed by atoms with E-state index in [-0.39, 0.29) is 5.91 Å². The van der Waals surface area contributed by atoms with Gasteiger partial charge in [0.2, 0.25) is 0 Å². The Hall–Kier alpha value is -0.590. The summed E-state index contributed by atoms with van der Waals surface area (Å²) < 4.78 is 1.07. The van der Waals surface area contributed by atoms with Gasteiger partial charge in [0.05, 0.1) is 8.69 Å². The van der Waals surface area contributed by atoms with E-state index >= 15 is 0 Å². The van der Waals surface area contributed by atoms with Crippen LogP contribution in [0.1, 0.15) is 17.7 Å². The molecule has 2 aliphatic heterocycles. The Bertz CT molecular complexity index is 544. The fourth-order valence-electron chi connectivity index (χ4n) is 1.98. The van der Waals surface area contributed by atoms with Gasteiger partial charge in [-0.25, -0.2) is 0 Å². The van der Waals surface area contributed by atoms with Crippen molar-refractivity contribution in [2.45, 2.75) is 12.8 Å². The molecule has 0 saturated carbocycles. The Balaban J connectivity index is 1.77. The van der Waals surface area contributed by atoms with Crippen LogP contribution in [-0.2, 0) is 4.79 Å². The van der Waals surface area contributed by atoms with Crippen LogP contribution in [0.2, 0.25) is 0 Å². The van der Waals surface area contributed by atoms with Crippen molar-refractivity contribution in [3.8, 4) is 0 Å². The third-order valence-corrected chi connectivity index (χ3v) is 5.47. The van der Waals surface area contributed by atoms with E-state index in [1.165, 1.54) is 24.6 Å². The average Bonchev–Trinajstić information content (AvgIpc) is 3.02. The lowest BCUT2D eigenvalue weighted by Gasteiger charge is -2.14. The number of amides is 1. The summed E-state index contributed by atoms with van der Waals surface area (Å²) >= 11 is 6.54. The predicted octanol–water partition coefficient (Wildman–Crippen LogP) is 3.58. The number of rotatable bonds is 1. The zero-order valence-corrected chi connectivity index (χ0v) is 12.8. The minimum atomic E-state index is -0.105. The summed E-state index contributed by atoms with van der Waals surface area (Å²) in [4.78, 5) is 20.0. The van der Waals surface area contributed by atoms with Gasteiger partial charge in [-0.2, -0.15) is 4.99 Å². The van der Waals surface area contributed by atoms with Gasteiger partial charge in [-0.1, -0.05) is 0 Å². The molecule has 1 saturated heterocycles. The van der Waals surface area contributed by atoms with Gasteiger partial charge in [-0.15, -0.1) is 11.3 Å². The predicted molar refractivity (Wildman–Crippen MR) is 80.8 cm³/mol. The normalized spacial score (nSPS) is 22.1. The van der Waals surface area contributed by atoms with Crippen LogP contribution in [0.25, 0.3) is 6.08 Å². The second-order valence-corrected chi connectivity index (χ2v) is 7.65. The van der Waals surface area contributed by atoms with Gasteiger partial charge < -0.3 is 4.90 Å². The van der Waals surface area contributed by atoms with Gasteiger partial charge in [0.15, 0.2) is 5.17 Å². The van der Waals surface area contributed by atoms with E-state index in [1.54, 1.807) is 11.3 Å². The molecule has 1 aromatic heterocycles. The molecule has 0 spiro atoms. The van der Waals surface area contributed by atoms with Gasteiger partial charge in [0.25, 0.3) is 5.91 Å². The van der Waals surface area contributed by atoms with E-state index < -0.39 is 0 Å². The molecular formula is C12H11BrN2OS2. The van der Waals surface area contributed by atoms with Crippen LogP contribution >= 0.6 is 39.0 Å². The average molecular weight is 343 g/mol. The van der Waals surface area contributed by atoms with E-state index in [9.17, 15) is 4.79 Å². The lowest BCUT2D eigenvalue weighted by molar-refractivity contribution is -0.113. The van der Waals surface area contributed by atoms with Crippen LogP contribution < -0.4 is 0 Å². The Kier molecular flexibility index (Phi) is 3.59. The quantitative estimate of drug-likeness (QED) is 0.731. The van der Waals surface area contributed by atoms with Crippen molar-refractivity contribution in [3.63, 3.8) is 0 Å². The summed E-state index contributed by atoms with van der Waals surface area (Å²) in [5, 5.41) is 0.874. The Morgan fingerprint density at radius 2 is 2.11 bits per heavy atom. The molecule has 1 fully saturated rings. The largest absolute Gasteiger partial charge is 0.351 e. The fraction of sp³-hybridized carbons (Fsp3) is 0.333. The van der Waals surface area contributed by atoms with Crippen LogP contribution in [0.5, 0.6) is 0 Å². The maximum Gasteiger partial charge on any atom is 0.286 e. The van der Waals surface area contributed by atoms with E-state index in [0.29, 0.717) is 0 Å². The highest BCUT2D eigenvalue weighted by Crippen LogP contribution is 2.33. The number of likely N-dealkylation sites (tertiary alicyclic amines) is 1. The molecule has 2 aliphatic rings. The first-order chi connectivity index (χ1) is 8.72. The number of halogens is 1. The molecule has 0 aromatic carbocycles. The summed E-state index contributed by atoms with van der Waals surface area (Å²) in [7, 11) is 0. The highest BCUT2D eigenvalue weighted by atomic mass is 79.9. The minimum absolute atomic E-state index is 0.105. The molecule has 0 aliphatic carbocycles. The maximum absolute atomic E-state index is 11.8. The maximum atomic E-state index is 11.8. The Morgan fingerprint density at radius 3 is 2.78 bits per heavy atom. The van der Waals surface area contributed by atoms with Gasteiger partial charge in [-0.3, -0.25) is 4.79 Å². The molecule has 94 valence electrons. The Labute approximate surface area is 122 Å². The van der Waals surface area contributed by atoms with Crippen molar-refractivity contribution in [2.75, 3.05) is 13.1 Å². The molecule has 3 nitrogen and oxygen atoms in total. The summed E-state index contributed by atoms with van der Waals surface area (Å²) in [5.41, 5.74) is 0. The van der Waals surface area contributed by atoms with E-state index in [1.807, 2.05) is 18.2 Å². The fourth-order valence-corrected chi connectivity index (χ4v) is 4.37. The third-order valence-electron chi connectivity index (χ3n) is 2.85. The molecule has 3 heterocycles. The summed E-state index contributed by atoms with van der Waals surface area (Å²) in [5.74, 6) is -0.105. The second-order valence-electron chi connectivity index (χ2n) is 4.15. The smallest absolute Gasteiger partial charge is 0.286 e. The van der Waals surface area contributed by atoms with Crippen molar-refractivity contribution >= 4 is 56.2 Å². The van der Waals surface area contributed by atoms with Crippen molar-refractivity contribution in [1.29, 1.82) is 0 Å². The zero-order valence-electron chi connectivity index (χ0n) is 9.56. The molecule has 0 bridgehead atoms. The van der Waals surface area contributed by atoms with Gasteiger partial charge in [0, 0.05) is 18.0 Å². The van der Waals surface area contributed by atoms with E-state index in [4.69, 9.17) is 0 Å². The number of carbonyl (C=O) groups excluding carboxylic acids is 1. The molecule has 0 unspecified atom stereocenters. The van der Waals surface area contributed by atoms with Crippen LogP contribution in [-0.4, -0.2) is 29.1 Å². The first-order valence-electron chi connectivity index (χ1n) is 5.75. The molecule has 1 aromatic rings. The topological polar surface area (TPSA) is 32.7 Å². The van der Waals surface area contributed by atoms with Gasteiger partial charge >= 0.3 is 0 Å². The van der Waals surface area contributed by atoms with Crippen molar-refractivity contribution in [1.82, 2.24) is 4.90 Å². The number of thioether (sulfide) groups is 1. The number of amidine groups is 1. The van der Waals surface area contributed by atoms with Crippen LogP contribution in [0.4, 0.5) is 0 Å². The number of aliphatic imine (C=N–C) groups is 1. The van der Waals surface area contributed by atoms with Gasteiger partial charge in [-0.05, 0) is 58.7 Å².